The van der Waals surface area contributed by atoms with Crippen molar-refractivity contribution in [2.75, 3.05) is 0 Å². The summed E-state index contributed by atoms with van der Waals surface area (Å²) in [4.78, 5) is 15.4. The van der Waals surface area contributed by atoms with Crippen LogP contribution in [-0.4, -0.2) is 21.5 Å². The molecule has 0 aliphatic heterocycles. The molecule has 0 spiro atoms. The number of nitrogens with zero attached hydrogens (tertiary/aromatic N) is 2. The lowest BCUT2D eigenvalue weighted by Gasteiger charge is -2.11. The van der Waals surface area contributed by atoms with Crippen LogP contribution in [0.25, 0.3) is 0 Å². The largest absolute Gasteiger partial charge is 0.368 e. The Kier molecular flexibility index (Phi) is 4.49. The zero-order valence-electron chi connectivity index (χ0n) is 10.1. The van der Waals surface area contributed by atoms with Crippen molar-refractivity contribution in [3.63, 3.8) is 0 Å². The predicted octanol–water partition coefficient (Wildman–Crippen LogP) is 0.817. The number of amides is 1. The van der Waals surface area contributed by atoms with Crippen LogP contribution in [0.2, 0.25) is 0 Å². The van der Waals surface area contributed by atoms with Gasteiger partial charge in [-0.2, -0.15) is 0 Å². The third kappa shape index (κ3) is 3.34. The zero-order valence-corrected chi connectivity index (χ0v) is 10.1. The Bertz CT molecular complexity index is 346. The fraction of sp³-hybridized carbons (Fsp3) is 0.636. The fourth-order valence-electron chi connectivity index (χ4n) is 1.51. The van der Waals surface area contributed by atoms with Crippen LogP contribution in [0.3, 0.4) is 0 Å². The van der Waals surface area contributed by atoms with Crippen molar-refractivity contribution in [2.24, 2.45) is 5.73 Å². The molecule has 1 aromatic rings. The van der Waals surface area contributed by atoms with Gasteiger partial charge in [0.25, 0.3) is 0 Å². The van der Waals surface area contributed by atoms with Crippen molar-refractivity contribution in [3.05, 3.63) is 18.2 Å². The van der Waals surface area contributed by atoms with Crippen LogP contribution in [0.5, 0.6) is 0 Å². The summed E-state index contributed by atoms with van der Waals surface area (Å²) in [5.74, 6) is -0.316. The van der Waals surface area contributed by atoms with Crippen molar-refractivity contribution in [1.82, 2.24) is 14.9 Å². The molecule has 1 amide bonds. The van der Waals surface area contributed by atoms with Gasteiger partial charge < -0.3 is 15.6 Å². The van der Waals surface area contributed by atoms with E-state index in [1.54, 1.807) is 10.9 Å². The van der Waals surface area contributed by atoms with E-state index in [4.69, 9.17) is 5.73 Å². The number of primary amides is 1. The van der Waals surface area contributed by atoms with Crippen molar-refractivity contribution in [1.29, 1.82) is 0 Å². The highest BCUT2D eigenvalue weighted by atomic mass is 16.1. The molecular weight excluding hydrogens is 204 g/mol. The van der Waals surface area contributed by atoms with Gasteiger partial charge in [-0.15, -0.1) is 0 Å². The molecule has 0 fully saturated rings. The van der Waals surface area contributed by atoms with E-state index in [2.05, 4.69) is 24.1 Å². The van der Waals surface area contributed by atoms with Gasteiger partial charge in [-0.25, -0.2) is 4.98 Å². The number of nitrogens with two attached hydrogens (primary N) is 1. The first-order valence-electron chi connectivity index (χ1n) is 5.59. The van der Waals surface area contributed by atoms with Crippen molar-refractivity contribution in [2.45, 2.75) is 45.8 Å². The summed E-state index contributed by atoms with van der Waals surface area (Å²) in [6.07, 6.45) is 4.22. The van der Waals surface area contributed by atoms with E-state index >= 15 is 0 Å². The van der Waals surface area contributed by atoms with Crippen molar-refractivity contribution < 1.29 is 4.79 Å². The first kappa shape index (κ1) is 12.7. The Labute approximate surface area is 96.0 Å². The summed E-state index contributed by atoms with van der Waals surface area (Å²) in [6.45, 7) is 6.80. The van der Waals surface area contributed by atoms with E-state index in [0.717, 1.165) is 5.69 Å². The lowest BCUT2D eigenvalue weighted by Crippen LogP contribution is -2.25. The van der Waals surface area contributed by atoms with E-state index < -0.39 is 0 Å². The van der Waals surface area contributed by atoms with E-state index in [0.29, 0.717) is 19.0 Å². The lowest BCUT2D eigenvalue weighted by atomic mass is 10.2. The number of carbonyl (C=O) groups is 1. The third-order valence-electron chi connectivity index (χ3n) is 2.42. The highest BCUT2D eigenvalue weighted by Gasteiger charge is 2.15. The monoisotopic (exact) mass is 224 g/mol. The van der Waals surface area contributed by atoms with Crippen LogP contribution < -0.4 is 11.1 Å². The molecule has 0 saturated carbocycles. The molecule has 1 heterocycles. The maximum absolute atomic E-state index is 11.2. The minimum atomic E-state index is -0.316. The van der Waals surface area contributed by atoms with Gasteiger partial charge in [0.05, 0.1) is 12.0 Å². The molecule has 0 radical (unpaired) electrons. The number of imidazole rings is 1. The first-order valence-corrected chi connectivity index (χ1v) is 5.59. The fourth-order valence-corrected chi connectivity index (χ4v) is 1.51. The Balaban J connectivity index is 2.66. The summed E-state index contributed by atoms with van der Waals surface area (Å²) in [7, 11) is 0. The molecule has 1 atom stereocenters. The Morgan fingerprint density at radius 3 is 2.81 bits per heavy atom. The summed E-state index contributed by atoms with van der Waals surface area (Å²) < 4.78 is 1.78. The van der Waals surface area contributed by atoms with E-state index in [1.165, 1.54) is 0 Å². The second kappa shape index (κ2) is 5.65. The van der Waals surface area contributed by atoms with Crippen molar-refractivity contribution >= 4 is 5.91 Å². The SMILES string of the molecule is CCC(C(N)=O)n1cnc(CNC(C)C)c1. The molecule has 5 heteroatoms. The highest BCUT2D eigenvalue weighted by molar-refractivity contribution is 5.78. The van der Waals surface area contributed by atoms with Gasteiger partial charge in [0, 0.05) is 18.8 Å². The van der Waals surface area contributed by atoms with Gasteiger partial charge in [-0.1, -0.05) is 20.8 Å². The van der Waals surface area contributed by atoms with E-state index in [9.17, 15) is 4.79 Å². The summed E-state index contributed by atoms with van der Waals surface area (Å²) >= 11 is 0. The number of hydrogen-bond donors (Lipinski definition) is 2. The second-order valence-corrected chi connectivity index (χ2v) is 4.17. The topological polar surface area (TPSA) is 72.9 Å². The summed E-state index contributed by atoms with van der Waals surface area (Å²) in [5.41, 5.74) is 6.23. The quantitative estimate of drug-likeness (QED) is 0.751. The Morgan fingerprint density at radius 2 is 2.31 bits per heavy atom. The van der Waals surface area contributed by atoms with Crippen molar-refractivity contribution in [3.8, 4) is 0 Å². The molecule has 16 heavy (non-hydrogen) atoms. The zero-order chi connectivity index (χ0) is 12.1. The van der Waals surface area contributed by atoms with Gasteiger partial charge in [0.15, 0.2) is 0 Å². The van der Waals surface area contributed by atoms with Crippen LogP contribution in [0, 0.1) is 0 Å². The average molecular weight is 224 g/mol. The van der Waals surface area contributed by atoms with Crippen LogP contribution in [-0.2, 0) is 11.3 Å². The van der Waals surface area contributed by atoms with Gasteiger partial charge in [0.1, 0.15) is 6.04 Å². The molecule has 3 N–H and O–H groups in total. The number of carbonyl (C=O) groups excluding carboxylic acids is 1. The van der Waals surface area contributed by atoms with Gasteiger partial charge in [-0.05, 0) is 6.42 Å². The van der Waals surface area contributed by atoms with Crippen LogP contribution in [0.1, 0.15) is 38.9 Å². The summed E-state index contributed by atoms with van der Waals surface area (Å²) in [6, 6.07) is 0.128. The number of nitrogens with one attached hydrogen (secondary N) is 1. The molecule has 0 saturated heterocycles. The minimum Gasteiger partial charge on any atom is -0.368 e. The normalized spacial score (nSPS) is 13.0. The smallest absolute Gasteiger partial charge is 0.240 e. The molecule has 90 valence electrons. The summed E-state index contributed by atoms with van der Waals surface area (Å²) in [5, 5.41) is 3.27. The van der Waals surface area contributed by atoms with Crippen LogP contribution in [0.4, 0.5) is 0 Å². The van der Waals surface area contributed by atoms with E-state index in [-0.39, 0.29) is 11.9 Å². The van der Waals surface area contributed by atoms with Gasteiger partial charge >= 0.3 is 0 Å². The first-order chi connectivity index (χ1) is 7.54. The molecule has 1 rings (SSSR count). The maximum atomic E-state index is 11.2. The average Bonchev–Trinajstić information content (AvgIpc) is 2.64. The number of rotatable bonds is 6. The third-order valence-corrected chi connectivity index (χ3v) is 2.42. The second-order valence-electron chi connectivity index (χ2n) is 4.17. The maximum Gasteiger partial charge on any atom is 0.240 e. The predicted molar refractivity (Wildman–Crippen MR) is 62.7 cm³/mol. The molecular formula is C11H20N4O. The number of hydrogen-bond acceptors (Lipinski definition) is 3. The Morgan fingerprint density at radius 1 is 1.62 bits per heavy atom. The van der Waals surface area contributed by atoms with E-state index in [1.807, 2.05) is 13.1 Å². The molecule has 0 bridgehead atoms. The molecule has 1 unspecified atom stereocenters. The molecule has 1 aromatic heterocycles. The Hall–Kier alpha value is -1.36. The molecule has 0 aliphatic rings. The van der Waals surface area contributed by atoms with Gasteiger partial charge in [-0.3, -0.25) is 4.79 Å². The molecule has 0 aliphatic carbocycles. The highest BCUT2D eigenvalue weighted by Crippen LogP contribution is 2.11. The standard InChI is InChI=1S/C11H20N4O/c1-4-10(11(12)16)15-6-9(14-7-15)5-13-8(2)3/h6-8,10,13H,4-5H2,1-3H3,(H2,12,16). The van der Waals surface area contributed by atoms with Crippen LogP contribution in [0.15, 0.2) is 12.5 Å². The number of aromatic nitrogens is 2. The molecule has 0 aromatic carbocycles. The lowest BCUT2D eigenvalue weighted by molar-refractivity contribution is -0.121. The van der Waals surface area contributed by atoms with Crippen LogP contribution >= 0.6 is 0 Å². The minimum absolute atomic E-state index is 0.291. The molecule has 5 nitrogen and oxygen atoms in total. The van der Waals surface area contributed by atoms with Gasteiger partial charge in [0.2, 0.25) is 5.91 Å².